The topological polar surface area (TPSA) is 119 Å². The monoisotopic (exact) mass is 490 g/mol. The minimum atomic E-state index is -0.733. The molecule has 1 aromatic rings. The van der Waals surface area contributed by atoms with Crippen LogP contribution in [0.15, 0.2) is 29.5 Å². The number of carbonyl (C=O) groups is 3. The normalized spacial score (nSPS) is 18.5. The summed E-state index contributed by atoms with van der Waals surface area (Å²) in [6, 6.07) is 4.14. The number of amides is 3. The van der Waals surface area contributed by atoms with Crippen molar-refractivity contribution >= 4 is 18.1 Å². The summed E-state index contributed by atoms with van der Waals surface area (Å²) in [6.07, 6.45) is -0.335. The number of rotatable bonds is 9. The summed E-state index contributed by atoms with van der Waals surface area (Å²) in [5.41, 5.74) is 1.45. The molecule has 35 heavy (non-hydrogen) atoms. The van der Waals surface area contributed by atoms with Crippen molar-refractivity contribution in [2.24, 2.45) is 0 Å². The van der Waals surface area contributed by atoms with Crippen LogP contribution in [0, 0.1) is 0 Å². The smallest absolute Gasteiger partial charge is 0.409 e. The molecule has 2 heterocycles. The molecular weight excluding hydrogens is 456 g/mol. The van der Waals surface area contributed by atoms with Gasteiger partial charge in [0.1, 0.15) is 0 Å². The lowest BCUT2D eigenvalue weighted by Gasteiger charge is -2.36. The third-order valence-corrected chi connectivity index (χ3v) is 5.75. The Hall–Kier alpha value is -3.47. The Balaban J connectivity index is 1.89. The molecule has 0 aromatic heterocycles. The van der Waals surface area contributed by atoms with Crippen LogP contribution < -0.4 is 20.1 Å². The van der Waals surface area contributed by atoms with E-state index in [2.05, 4.69) is 15.5 Å². The first kappa shape index (κ1) is 26.1. The molecule has 1 aromatic carbocycles. The summed E-state index contributed by atoms with van der Waals surface area (Å²) in [6.45, 7) is 8.83. The summed E-state index contributed by atoms with van der Waals surface area (Å²) < 4.78 is 21.5. The summed E-state index contributed by atoms with van der Waals surface area (Å²) in [5.74, 6) is 0.551. The van der Waals surface area contributed by atoms with Gasteiger partial charge in [-0.15, -0.1) is 0 Å². The number of hydrogen-bond donors (Lipinski definition) is 2. The SMILES string of the molecule is CCOC(=O)C1=C(CN2CCN(C(=O)OCC)CC2)NC(=O)N[C@@H]1c1ccc(OCC)c(OC)c1. The lowest BCUT2D eigenvalue weighted by molar-refractivity contribution is -0.139. The van der Waals surface area contributed by atoms with Gasteiger partial charge in [0.2, 0.25) is 0 Å². The van der Waals surface area contributed by atoms with Gasteiger partial charge in [-0.1, -0.05) is 6.07 Å². The fourth-order valence-corrected chi connectivity index (χ4v) is 4.11. The second kappa shape index (κ2) is 12.3. The molecule has 192 valence electrons. The molecule has 3 rings (SSSR count). The summed E-state index contributed by atoms with van der Waals surface area (Å²) >= 11 is 0. The zero-order valence-corrected chi connectivity index (χ0v) is 20.7. The van der Waals surface area contributed by atoms with E-state index in [0.29, 0.717) is 74.3 Å². The molecule has 0 radical (unpaired) electrons. The molecule has 3 amide bonds. The number of benzene rings is 1. The van der Waals surface area contributed by atoms with E-state index in [1.54, 1.807) is 36.9 Å². The van der Waals surface area contributed by atoms with E-state index in [0.717, 1.165) is 0 Å². The first-order valence-corrected chi connectivity index (χ1v) is 11.8. The highest BCUT2D eigenvalue weighted by Gasteiger charge is 2.35. The first-order valence-electron chi connectivity index (χ1n) is 11.8. The third-order valence-electron chi connectivity index (χ3n) is 5.75. The minimum absolute atomic E-state index is 0.196. The second-order valence-corrected chi connectivity index (χ2v) is 7.95. The van der Waals surface area contributed by atoms with Crippen molar-refractivity contribution in [2.75, 3.05) is 59.7 Å². The molecule has 0 saturated carbocycles. The van der Waals surface area contributed by atoms with Gasteiger partial charge in [-0.05, 0) is 38.5 Å². The summed E-state index contributed by atoms with van der Waals surface area (Å²) in [7, 11) is 1.53. The highest BCUT2D eigenvalue weighted by molar-refractivity contribution is 5.95. The van der Waals surface area contributed by atoms with Gasteiger partial charge in [0.25, 0.3) is 0 Å². The largest absolute Gasteiger partial charge is 0.493 e. The molecule has 1 atom stereocenters. The number of urea groups is 1. The predicted octanol–water partition coefficient (Wildman–Crippen LogP) is 2.04. The Labute approximate surface area is 205 Å². The summed E-state index contributed by atoms with van der Waals surface area (Å²) in [4.78, 5) is 41.4. The zero-order chi connectivity index (χ0) is 25.4. The van der Waals surface area contributed by atoms with E-state index in [-0.39, 0.29) is 12.7 Å². The molecule has 0 unspecified atom stereocenters. The van der Waals surface area contributed by atoms with E-state index in [9.17, 15) is 14.4 Å². The highest BCUT2D eigenvalue weighted by Crippen LogP contribution is 2.35. The number of methoxy groups -OCH3 is 1. The third kappa shape index (κ3) is 6.36. The molecule has 0 bridgehead atoms. The lowest BCUT2D eigenvalue weighted by Crippen LogP contribution is -2.52. The Morgan fingerprint density at radius 2 is 1.71 bits per heavy atom. The second-order valence-electron chi connectivity index (χ2n) is 7.95. The van der Waals surface area contributed by atoms with Crippen LogP contribution in [0.1, 0.15) is 32.4 Å². The number of piperazine rings is 1. The molecule has 2 N–H and O–H groups in total. The molecule has 0 spiro atoms. The molecular formula is C24H34N4O7. The van der Waals surface area contributed by atoms with Gasteiger partial charge >= 0.3 is 18.1 Å². The van der Waals surface area contributed by atoms with Crippen molar-refractivity contribution in [3.05, 3.63) is 35.0 Å². The lowest BCUT2D eigenvalue weighted by atomic mass is 9.94. The van der Waals surface area contributed by atoms with Crippen LogP contribution in [0.2, 0.25) is 0 Å². The standard InChI is InChI=1S/C24H34N4O7/c1-5-33-18-9-8-16(14-19(18)32-4)21-20(22(29)34-6-2)17(25-23(30)26-21)15-27-10-12-28(13-11-27)24(31)35-7-3/h8-9,14,21H,5-7,10-13,15H2,1-4H3,(H2,25,26,30)/t21-/m1/s1. The van der Waals surface area contributed by atoms with Crippen molar-refractivity contribution in [2.45, 2.75) is 26.8 Å². The molecule has 0 aliphatic carbocycles. The number of esters is 1. The summed E-state index contributed by atoms with van der Waals surface area (Å²) in [5, 5.41) is 5.63. The maximum absolute atomic E-state index is 13.1. The zero-order valence-electron chi connectivity index (χ0n) is 20.7. The average molecular weight is 491 g/mol. The number of hydrogen-bond acceptors (Lipinski definition) is 8. The van der Waals surface area contributed by atoms with E-state index < -0.39 is 18.0 Å². The molecule has 11 heteroatoms. The van der Waals surface area contributed by atoms with Gasteiger partial charge in [0.05, 0.1) is 38.5 Å². The molecule has 2 aliphatic heterocycles. The Morgan fingerprint density at radius 3 is 2.34 bits per heavy atom. The van der Waals surface area contributed by atoms with Crippen molar-refractivity contribution in [3.63, 3.8) is 0 Å². The van der Waals surface area contributed by atoms with Crippen LogP contribution in [-0.4, -0.2) is 87.5 Å². The van der Waals surface area contributed by atoms with Crippen LogP contribution in [0.3, 0.4) is 0 Å². The van der Waals surface area contributed by atoms with Crippen LogP contribution in [0.5, 0.6) is 11.5 Å². The molecule has 1 fully saturated rings. The van der Waals surface area contributed by atoms with Crippen molar-refractivity contribution in [1.82, 2.24) is 20.4 Å². The maximum Gasteiger partial charge on any atom is 0.409 e. The van der Waals surface area contributed by atoms with Gasteiger partial charge < -0.3 is 34.5 Å². The van der Waals surface area contributed by atoms with Crippen LogP contribution in [0.4, 0.5) is 9.59 Å². The molecule has 11 nitrogen and oxygen atoms in total. The van der Waals surface area contributed by atoms with Gasteiger partial charge in [-0.3, -0.25) is 4.90 Å². The van der Waals surface area contributed by atoms with Gasteiger partial charge in [0.15, 0.2) is 11.5 Å². The Bertz CT molecular complexity index is 957. The number of ether oxygens (including phenoxy) is 4. The average Bonchev–Trinajstić information content (AvgIpc) is 2.84. The van der Waals surface area contributed by atoms with E-state index >= 15 is 0 Å². The van der Waals surface area contributed by atoms with Crippen molar-refractivity contribution < 1.29 is 33.3 Å². The van der Waals surface area contributed by atoms with Gasteiger partial charge in [0, 0.05) is 38.4 Å². The highest BCUT2D eigenvalue weighted by atomic mass is 16.6. The van der Waals surface area contributed by atoms with Gasteiger partial charge in [-0.2, -0.15) is 0 Å². The fourth-order valence-electron chi connectivity index (χ4n) is 4.11. The molecule has 2 aliphatic rings. The molecule has 1 saturated heterocycles. The maximum atomic E-state index is 13.1. The number of nitrogens with zero attached hydrogens (tertiary/aromatic N) is 2. The van der Waals surface area contributed by atoms with E-state index in [1.165, 1.54) is 7.11 Å². The van der Waals surface area contributed by atoms with Crippen LogP contribution >= 0.6 is 0 Å². The van der Waals surface area contributed by atoms with Gasteiger partial charge in [-0.25, -0.2) is 14.4 Å². The number of carbonyl (C=O) groups excluding carboxylic acids is 3. The van der Waals surface area contributed by atoms with E-state index in [4.69, 9.17) is 18.9 Å². The Kier molecular flexibility index (Phi) is 9.18. The first-order chi connectivity index (χ1) is 16.9. The Morgan fingerprint density at radius 1 is 1.00 bits per heavy atom. The van der Waals surface area contributed by atoms with Crippen LogP contribution in [-0.2, 0) is 14.3 Å². The quantitative estimate of drug-likeness (QED) is 0.505. The van der Waals surface area contributed by atoms with Crippen molar-refractivity contribution in [3.8, 4) is 11.5 Å². The van der Waals surface area contributed by atoms with Crippen molar-refractivity contribution in [1.29, 1.82) is 0 Å². The minimum Gasteiger partial charge on any atom is -0.493 e. The number of nitrogens with one attached hydrogen (secondary N) is 2. The van der Waals surface area contributed by atoms with Crippen LogP contribution in [0.25, 0.3) is 0 Å². The predicted molar refractivity (Wildman–Crippen MR) is 127 cm³/mol. The van der Waals surface area contributed by atoms with E-state index in [1.807, 2.05) is 6.92 Å². The fraction of sp³-hybridized carbons (Fsp3) is 0.542.